The first-order valence-electron chi connectivity index (χ1n) is 8.75. The van der Waals surface area contributed by atoms with Gasteiger partial charge >= 0.3 is 17.9 Å². The van der Waals surface area contributed by atoms with Crippen LogP contribution in [0.4, 0.5) is 0 Å². The fourth-order valence-corrected chi connectivity index (χ4v) is 4.19. The van der Waals surface area contributed by atoms with Crippen LogP contribution in [0.1, 0.15) is 39.7 Å². The number of halogens is 2. The van der Waals surface area contributed by atoms with Crippen molar-refractivity contribution in [3.63, 3.8) is 0 Å². The molecule has 1 heterocycles. The summed E-state index contributed by atoms with van der Waals surface area (Å²) < 4.78 is 5.13. The molecule has 0 amide bonds. The maximum Gasteiger partial charge on any atom is 0.334 e. The Kier molecular flexibility index (Phi) is 6.65. The van der Waals surface area contributed by atoms with Gasteiger partial charge in [-0.2, -0.15) is 0 Å². The quantitative estimate of drug-likeness (QED) is 0.637. The highest BCUT2D eigenvalue weighted by Crippen LogP contribution is 2.49. The fourth-order valence-electron chi connectivity index (χ4n) is 3.70. The van der Waals surface area contributed by atoms with Gasteiger partial charge in [0.25, 0.3) is 0 Å². The van der Waals surface area contributed by atoms with Gasteiger partial charge in [0, 0.05) is 17.8 Å². The van der Waals surface area contributed by atoms with Crippen molar-refractivity contribution in [2.75, 3.05) is 6.73 Å². The van der Waals surface area contributed by atoms with Crippen molar-refractivity contribution in [3.05, 3.63) is 56.3 Å². The monoisotopic (exact) mass is 441 g/mol. The zero-order chi connectivity index (χ0) is 22.1. The fraction of sp³-hybridized carbons (Fsp3) is 0.350. The van der Waals surface area contributed by atoms with Gasteiger partial charge in [0.1, 0.15) is 0 Å². The Morgan fingerprint density at radius 3 is 2.03 bits per heavy atom. The van der Waals surface area contributed by atoms with E-state index >= 15 is 0 Å². The van der Waals surface area contributed by atoms with Gasteiger partial charge in [-0.1, -0.05) is 42.3 Å². The highest BCUT2D eigenvalue weighted by Gasteiger charge is 2.49. The van der Waals surface area contributed by atoms with Crippen LogP contribution in [-0.2, 0) is 24.5 Å². The van der Waals surface area contributed by atoms with Crippen LogP contribution in [0.5, 0.6) is 0 Å². The van der Waals surface area contributed by atoms with Crippen molar-refractivity contribution in [1.82, 2.24) is 4.90 Å². The first-order chi connectivity index (χ1) is 13.5. The molecule has 0 aliphatic carbocycles. The molecule has 0 atom stereocenters. The molecule has 7 nitrogen and oxygen atoms in total. The van der Waals surface area contributed by atoms with Crippen molar-refractivity contribution >= 4 is 41.1 Å². The predicted octanol–water partition coefficient (Wildman–Crippen LogP) is 4.19. The summed E-state index contributed by atoms with van der Waals surface area (Å²) >= 11 is 12.5. The Morgan fingerprint density at radius 2 is 1.59 bits per heavy atom. The third-order valence-electron chi connectivity index (χ3n) is 5.09. The Morgan fingerprint density at radius 1 is 1.07 bits per heavy atom. The summed E-state index contributed by atoms with van der Waals surface area (Å²) in [4.78, 5) is 37.5. The molecule has 1 aliphatic heterocycles. The van der Waals surface area contributed by atoms with E-state index < -0.39 is 23.3 Å². The van der Waals surface area contributed by atoms with E-state index in [1.54, 1.807) is 19.1 Å². The highest BCUT2D eigenvalue weighted by molar-refractivity contribution is 6.42. The number of allylic oxidation sites excluding steroid dienone is 2. The SMILES string of the molecule is CCC(=O)OCN1C(C)=C(C(=O)O)C(C)(c2cccc(Cl)c2Cl)C(C(=O)O)=C1C. The number of hydrogen-bond donors (Lipinski definition) is 2. The summed E-state index contributed by atoms with van der Waals surface area (Å²) in [7, 11) is 0. The van der Waals surface area contributed by atoms with Crippen LogP contribution in [0.25, 0.3) is 0 Å². The number of nitrogens with zero attached hydrogens (tertiary/aromatic N) is 1. The number of carboxylic acids is 2. The lowest BCUT2D eigenvalue weighted by molar-refractivity contribution is -0.146. The van der Waals surface area contributed by atoms with Gasteiger partial charge in [-0.3, -0.25) is 4.79 Å². The van der Waals surface area contributed by atoms with E-state index in [2.05, 4.69) is 0 Å². The topological polar surface area (TPSA) is 104 Å². The minimum atomic E-state index is -1.60. The van der Waals surface area contributed by atoms with Crippen LogP contribution in [-0.4, -0.2) is 39.8 Å². The second kappa shape index (κ2) is 8.47. The number of rotatable bonds is 6. The molecule has 0 bridgehead atoms. The van der Waals surface area contributed by atoms with Crippen molar-refractivity contribution in [1.29, 1.82) is 0 Å². The second-order valence-corrected chi connectivity index (χ2v) is 7.47. The van der Waals surface area contributed by atoms with Crippen molar-refractivity contribution in [3.8, 4) is 0 Å². The number of carbonyl (C=O) groups excluding carboxylic acids is 1. The molecule has 9 heteroatoms. The number of esters is 1. The van der Waals surface area contributed by atoms with Gasteiger partial charge in [-0.25, -0.2) is 9.59 Å². The summed E-state index contributed by atoms with van der Waals surface area (Å²) in [5.41, 5.74) is -1.26. The van der Waals surface area contributed by atoms with Gasteiger partial charge in [-0.15, -0.1) is 0 Å². The molecule has 0 unspecified atom stereocenters. The number of aliphatic carboxylic acids is 2. The maximum absolute atomic E-state index is 12.3. The summed E-state index contributed by atoms with van der Waals surface area (Å²) in [5, 5.41) is 20.3. The molecule has 0 saturated carbocycles. The third kappa shape index (κ3) is 3.84. The number of ether oxygens (including phenoxy) is 1. The first-order valence-corrected chi connectivity index (χ1v) is 9.50. The lowest BCUT2D eigenvalue weighted by atomic mass is 9.67. The van der Waals surface area contributed by atoms with E-state index in [1.807, 2.05) is 0 Å². The zero-order valence-electron chi connectivity index (χ0n) is 16.4. The lowest BCUT2D eigenvalue weighted by Gasteiger charge is -2.42. The van der Waals surface area contributed by atoms with E-state index in [1.165, 1.54) is 31.7 Å². The van der Waals surface area contributed by atoms with Gasteiger partial charge in [0.05, 0.1) is 26.6 Å². The van der Waals surface area contributed by atoms with Crippen LogP contribution in [0.15, 0.2) is 40.7 Å². The van der Waals surface area contributed by atoms with E-state index in [0.29, 0.717) is 0 Å². The molecule has 156 valence electrons. The van der Waals surface area contributed by atoms with E-state index in [0.717, 1.165) is 0 Å². The first kappa shape index (κ1) is 22.8. The van der Waals surface area contributed by atoms with Crippen LogP contribution >= 0.6 is 23.2 Å². The highest BCUT2D eigenvalue weighted by atomic mass is 35.5. The van der Waals surface area contributed by atoms with Crippen LogP contribution < -0.4 is 0 Å². The standard InChI is InChI=1S/C20H21Cl2NO6/c1-5-14(24)29-9-23-10(2)15(18(25)26)20(4,16(11(23)3)19(27)28)12-7-6-8-13(21)17(12)22/h6-8H,5,9H2,1-4H3,(H,25,26)(H,27,28). The van der Waals surface area contributed by atoms with Crippen molar-refractivity contribution < 1.29 is 29.3 Å². The summed E-state index contributed by atoms with van der Waals surface area (Å²) in [6.45, 7) is 5.86. The molecule has 0 aromatic heterocycles. The third-order valence-corrected chi connectivity index (χ3v) is 5.91. The second-order valence-electron chi connectivity index (χ2n) is 6.68. The number of hydrogen-bond acceptors (Lipinski definition) is 5. The molecular weight excluding hydrogens is 421 g/mol. The normalized spacial score (nSPS) is 16.1. The number of carboxylic acid groups (broad SMARTS) is 2. The Hall–Kier alpha value is -2.51. The smallest absolute Gasteiger partial charge is 0.334 e. The Labute approximate surface area is 178 Å². The molecule has 2 N–H and O–H groups in total. The molecule has 29 heavy (non-hydrogen) atoms. The van der Waals surface area contributed by atoms with Gasteiger partial charge in [0.2, 0.25) is 0 Å². The minimum absolute atomic E-state index is 0.0700. The van der Waals surface area contributed by atoms with Crippen LogP contribution in [0.2, 0.25) is 10.0 Å². The van der Waals surface area contributed by atoms with E-state index in [-0.39, 0.29) is 51.3 Å². The van der Waals surface area contributed by atoms with E-state index in [4.69, 9.17) is 27.9 Å². The molecule has 0 spiro atoms. The Bertz CT molecular complexity index is 912. The van der Waals surface area contributed by atoms with Crippen LogP contribution in [0, 0.1) is 0 Å². The van der Waals surface area contributed by atoms with Gasteiger partial charge in [-0.05, 0) is 32.4 Å². The van der Waals surface area contributed by atoms with Crippen molar-refractivity contribution in [2.45, 2.75) is 39.5 Å². The molecule has 1 aromatic carbocycles. The number of carbonyl (C=O) groups is 3. The maximum atomic E-state index is 12.3. The average Bonchev–Trinajstić information content (AvgIpc) is 2.62. The van der Waals surface area contributed by atoms with Gasteiger partial charge < -0.3 is 19.8 Å². The largest absolute Gasteiger partial charge is 0.478 e. The zero-order valence-corrected chi connectivity index (χ0v) is 17.9. The average molecular weight is 442 g/mol. The minimum Gasteiger partial charge on any atom is -0.478 e. The lowest BCUT2D eigenvalue weighted by Crippen LogP contribution is -2.44. The molecule has 1 aliphatic rings. The summed E-state index contributed by atoms with van der Waals surface area (Å²) in [6, 6.07) is 4.66. The molecule has 2 rings (SSSR count). The van der Waals surface area contributed by atoms with Gasteiger partial charge in [0.15, 0.2) is 6.73 Å². The Balaban J connectivity index is 2.83. The van der Waals surface area contributed by atoms with Crippen LogP contribution in [0.3, 0.4) is 0 Å². The molecule has 0 saturated heterocycles. The molecular formula is C20H21Cl2NO6. The molecule has 0 fully saturated rings. The molecule has 1 aromatic rings. The van der Waals surface area contributed by atoms with E-state index in [9.17, 15) is 24.6 Å². The molecule has 0 radical (unpaired) electrons. The van der Waals surface area contributed by atoms with Crippen molar-refractivity contribution in [2.24, 2.45) is 0 Å². The summed E-state index contributed by atoms with van der Waals surface area (Å²) in [6.07, 6.45) is 0.132. The number of benzene rings is 1. The summed E-state index contributed by atoms with van der Waals surface area (Å²) in [5.74, 6) is -3.14. The predicted molar refractivity (Wildman–Crippen MR) is 108 cm³/mol.